The van der Waals surface area contributed by atoms with Gasteiger partial charge >= 0.3 is 0 Å². The molecule has 0 bridgehead atoms. The Morgan fingerprint density at radius 3 is 1.30 bits per heavy atom. The van der Waals surface area contributed by atoms with Crippen LogP contribution in [0, 0.1) is 11.8 Å². The summed E-state index contributed by atoms with van der Waals surface area (Å²) < 4.78 is 12.0. The Morgan fingerprint density at radius 2 is 0.940 bits per heavy atom. The third kappa shape index (κ3) is 9.12. The van der Waals surface area contributed by atoms with E-state index in [1.165, 1.54) is 26.5 Å². The molecule has 50 heavy (non-hydrogen) atoms. The molecule has 4 aliphatic rings. The van der Waals surface area contributed by atoms with Gasteiger partial charge in [-0.05, 0) is 11.8 Å². The maximum Gasteiger partial charge on any atom is 0.246 e. The summed E-state index contributed by atoms with van der Waals surface area (Å²) in [5.74, 6) is -2.35. The number of nitrogens with zero attached hydrogens (tertiary/aromatic N) is 6. The molecule has 18 heteroatoms. The summed E-state index contributed by atoms with van der Waals surface area (Å²) >= 11 is 0. The van der Waals surface area contributed by atoms with Crippen LogP contribution in [0.15, 0.2) is 9.98 Å². The lowest BCUT2D eigenvalue weighted by Crippen LogP contribution is -2.57. The van der Waals surface area contributed by atoms with Gasteiger partial charge in [0.25, 0.3) is 0 Å². The molecule has 280 valence electrons. The van der Waals surface area contributed by atoms with Crippen molar-refractivity contribution in [2.45, 2.75) is 109 Å². The van der Waals surface area contributed by atoms with Crippen molar-refractivity contribution in [3.63, 3.8) is 0 Å². The van der Waals surface area contributed by atoms with Crippen molar-refractivity contribution < 1.29 is 33.4 Å². The van der Waals surface area contributed by atoms with Crippen LogP contribution in [0.4, 0.5) is 0 Å². The van der Waals surface area contributed by atoms with Crippen molar-refractivity contribution in [3.8, 4) is 0 Å². The molecule has 4 aliphatic heterocycles. The molecule has 0 spiro atoms. The molecule has 0 aromatic carbocycles. The Kier molecular flexibility index (Phi) is 12.5. The van der Waals surface area contributed by atoms with E-state index in [2.05, 4.69) is 9.98 Å². The number of rotatable bonds is 12. The molecule has 0 saturated carbocycles. The highest BCUT2D eigenvalue weighted by Crippen LogP contribution is 2.33. The number of ether oxygens (including phenoxy) is 2. The van der Waals surface area contributed by atoms with Crippen LogP contribution in [0.5, 0.6) is 0 Å². The van der Waals surface area contributed by atoms with Crippen LogP contribution in [-0.4, -0.2) is 149 Å². The van der Waals surface area contributed by atoms with Gasteiger partial charge < -0.3 is 57.7 Å². The van der Waals surface area contributed by atoms with Crippen molar-refractivity contribution in [2.24, 2.45) is 50.5 Å². The minimum atomic E-state index is -1.07. The topological polar surface area (TPSA) is 272 Å². The lowest BCUT2D eigenvalue weighted by Gasteiger charge is -2.34. The van der Waals surface area contributed by atoms with Crippen LogP contribution < -0.4 is 28.7 Å². The van der Waals surface area contributed by atoms with Gasteiger partial charge in [-0.15, -0.1) is 0 Å². The molecular formula is C32H55N11O7. The van der Waals surface area contributed by atoms with Gasteiger partial charge in [0.15, 0.2) is 11.9 Å². The number of hydrogen-bond acceptors (Lipinski definition) is 9. The third-order valence-corrected chi connectivity index (χ3v) is 9.51. The maximum atomic E-state index is 14.6. The highest BCUT2D eigenvalue weighted by Gasteiger charge is 2.52. The van der Waals surface area contributed by atoms with Crippen LogP contribution in [0.2, 0.25) is 0 Å². The zero-order chi connectivity index (χ0) is 37.0. The van der Waals surface area contributed by atoms with Gasteiger partial charge in [-0.2, -0.15) is 0 Å². The zero-order valence-electron chi connectivity index (χ0n) is 29.8. The summed E-state index contributed by atoms with van der Waals surface area (Å²) in [4.78, 5) is 82.5. The van der Waals surface area contributed by atoms with Gasteiger partial charge in [-0.1, -0.05) is 27.7 Å². The minimum absolute atomic E-state index is 0.0153. The average molecular weight is 706 g/mol. The first-order chi connectivity index (χ1) is 23.5. The van der Waals surface area contributed by atoms with Crippen LogP contribution in [0.3, 0.4) is 0 Å². The molecular weight excluding hydrogens is 650 g/mol. The van der Waals surface area contributed by atoms with E-state index in [-0.39, 0.29) is 87.6 Å². The van der Waals surface area contributed by atoms with E-state index in [1.807, 2.05) is 27.7 Å². The number of likely N-dealkylation sites (tertiary alicyclic amines) is 4. The monoisotopic (exact) mass is 705 g/mol. The predicted molar refractivity (Wildman–Crippen MR) is 184 cm³/mol. The summed E-state index contributed by atoms with van der Waals surface area (Å²) in [7, 11) is 0. The van der Waals surface area contributed by atoms with Crippen LogP contribution in [0.1, 0.15) is 60.3 Å². The van der Waals surface area contributed by atoms with Crippen molar-refractivity contribution in [2.75, 3.05) is 39.4 Å². The first-order valence-corrected chi connectivity index (χ1v) is 17.3. The van der Waals surface area contributed by atoms with Gasteiger partial charge in [0, 0.05) is 72.0 Å². The lowest BCUT2D eigenvalue weighted by atomic mass is 10.1. The third-order valence-electron chi connectivity index (χ3n) is 9.51. The van der Waals surface area contributed by atoms with E-state index in [0.29, 0.717) is 13.2 Å². The van der Waals surface area contributed by atoms with E-state index >= 15 is 0 Å². The molecule has 0 aromatic heterocycles. The molecule has 4 fully saturated rings. The number of aliphatic imine (C=N–C) groups is 2. The Labute approximate surface area is 293 Å². The number of carbonyl (C=O) groups excluding carboxylic acids is 5. The molecule has 5 amide bonds. The van der Waals surface area contributed by atoms with Crippen molar-refractivity contribution in [1.82, 2.24) is 19.6 Å². The number of carbonyl (C=O) groups is 5. The van der Waals surface area contributed by atoms with Gasteiger partial charge in [-0.25, -0.2) is 9.98 Å². The SMILES string of the molecule is CC(=O)N1C[C@H](OCC(C)C)C[C@H]1C(=O)N1C[C@H](N=C(N)N)C[C@H]1C(=O)N1C[C@H](N=C(N)N)C[C@H]1C(=O)N1C[C@H](OCC(C)C)C[C@H]1C(N)=O. The summed E-state index contributed by atoms with van der Waals surface area (Å²) in [5.41, 5.74) is 28.5. The quantitative estimate of drug-likeness (QED) is 0.103. The van der Waals surface area contributed by atoms with Gasteiger partial charge in [0.2, 0.25) is 29.5 Å². The largest absolute Gasteiger partial charge is 0.376 e. The second-order valence-electron chi connectivity index (χ2n) is 14.7. The molecule has 10 N–H and O–H groups in total. The van der Waals surface area contributed by atoms with Crippen LogP contribution >= 0.6 is 0 Å². The summed E-state index contributed by atoms with van der Waals surface area (Å²) in [6, 6.07) is -5.16. The molecule has 4 heterocycles. The fourth-order valence-electron chi connectivity index (χ4n) is 7.35. The number of amides is 5. The Hall–Kier alpha value is -4.19. The van der Waals surface area contributed by atoms with Crippen molar-refractivity contribution >= 4 is 41.5 Å². The molecule has 8 atom stereocenters. The van der Waals surface area contributed by atoms with E-state index in [9.17, 15) is 24.0 Å². The predicted octanol–water partition coefficient (Wildman–Crippen LogP) is -2.74. The van der Waals surface area contributed by atoms with Gasteiger partial charge in [-0.3, -0.25) is 24.0 Å². The van der Waals surface area contributed by atoms with Gasteiger partial charge in [0.1, 0.15) is 24.2 Å². The normalized spacial score (nSPS) is 29.6. The number of hydrogen-bond donors (Lipinski definition) is 5. The fraction of sp³-hybridized carbons (Fsp3) is 0.781. The van der Waals surface area contributed by atoms with E-state index < -0.39 is 66.0 Å². The standard InChI is InChI=1S/C32H55N11O7/c1-16(2)14-49-21-8-23(27(33)45)43(13-21)29(47)25-7-20(39-32(36)37)10-41(25)28(46)24-6-19(38-31(34)35)11-42(24)30(48)26-9-22(50-15-17(3)4)12-40(26)18(5)44/h16-17,19-26H,6-15H2,1-5H3,(H2,33,45)(H4,34,35,38)(H4,36,37,39)/t19-,20-,21-,22-,23+,24+,25+,26+/m1/s1. The van der Waals surface area contributed by atoms with Crippen LogP contribution in [-0.2, 0) is 33.4 Å². The molecule has 0 aromatic rings. The van der Waals surface area contributed by atoms with E-state index in [1.54, 1.807) is 0 Å². The zero-order valence-corrected chi connectivity index (χ0v) is 29.8. The smallest absolute Gasteiger partial charge is 0.246 e. The Balaban J connectivity index is 1.63. The Bertz CT molecular complexity index is 1250. The molecule has 4 rings (SSSR count). The van der Waals surface area contributed by atoms with Gasteiger partial charge in [0.05, 0.1) is 24.3 Å². The van der Waals surface area contributed by atoms with Crippen LogP contribution in [0.25, 0.3) is 0 Å². The number of primary amides is 1. The molecule has 0 aliphatic carbocycles. The number of nitrogens with two attached hydrogens (primary N) is 5. The highest BCUT2D eigenvalue weighted by molar-refractivity contribution is 5.97. The summed E-state index contributed by atoms with van der Waals surface area (Å²) in [6.07, 6.45) is -0.122. The summed E-state index contributed by atoms with van der Waals surface area (Å²) in [5, 5.41) is 0. The lowest BCUT2D eigenvalue weighted by molar-refractivity contribution is -0.152. The Morgan fingerprint density at radius 1 is 0.580 bits per heavy atom. The fourth-order valence-corrected chi connectivity index (χ4v) is 7.35. The number of guanidine groups is 2. The van der Waals surface area contributed by atoms with E-state index in [0.717, 1.165) is 0 Å². The first kappa shape index (κ1) is 38.6. The molecule has 18 nitrogen and oxygen atoms in total. The molecule has 0 radical (unpaired) electrons. The maximum absolute atomic E-state index is 14.6. The highest BCUT2D eigenvalue weighted by atomic mass is 16.5. The minimum Gasteiger partial charge on any atom is -0.376 e. The first-order valence-electron chi connectivity index (χ1n) is 17.3. The average Bonchev–Trinajstić information content (AvgIpc) is 3.82. The van der Waals surface area contributed by atoms with Crippen molar-refractivity contribution in [1.29, 1.82) is 0 Å². The molecule has 4 saturated heterocycles. The van der Waals surface area contributed by atoms with E-state index in [4.69, 9.17) is 38.1 Å². The second-order valence-corrected chi connectivity index (χ2v) is 14.7. The van der Waals surface area contributed by atoms with Crippen molar-refractivity contribution in [3.05, 3.63) is 0 Å². The molecule has 0 unspecified atom stereocenters. The second kappa shape index (κ2) is 16.2. The summed E-state index contributed by atoms with van der Waals surface area (Å²) in [6.45, 7) is 10.7.